The topological polar surface area (TPSA) is 69.6 Å². The van der Waals surface area contributed by atoms with E-state index in [2.05, 4.69) is 12.2 Å². The Balaban J connectivity index is 2.05. The average molecular weight is 354 g/mol. The summed E-state index contributed by atoms with van der Waals surface area (Å²) in [6.45, 7) is 6.17. The first-order valence-corrected chi connectivity index (χ1v) is 9.06. The summed E-state index contributed by atoms with van der Waals surface area (Å²) in [4.78, 5) is 12.7. The fraction of sp³-hybridized carbons (Fsp3) is 0.632. The third-order valence-corrected chi connectivity index (χ3v) is 5.51. The first-order chi connectivity index (χ1) is 11.3. The van der Waals surface area contributed by atoms with Crippen molar-refractivity contribution in [2.24, 2.45) is 17.8 Å². The number of halogens is 1. The van der Waals surface area contributed by atoms with Crippen LogP contribution in [-0.2, 0) is 4.79 Å². The van der Waals surface area contributed by atoms with Crippen LogP contribution in [-0.4, -0.2) is 28.3 Å². The number of hydrogen-bond acceptors (Lipinski definition) is 3. The Morgan fingerprint density at radius 1 is 1.38 bits per heavy atom. The van der Waals surface area contributed by atoms with Gasteiger partial charge in [0, 0.05) is 17.1 Å². The van der Waals surface area contributed by atoms with Crippen molar-refractivity contribution in [1.29, 1.82) is 0 Å². The second-order valence-corrected chi connectivity index (χ2v) is 7.82. The highest BCUT2D eigenvalue weighted by atomic mass is 35.5. The van der Waals surface area contributed by atoms with Crippen molar-refractivity contribution < 1.29 is 15.0 Å². The minimum atomic E-state index is -1.37. The Bertz CT molecular complexity index is 577. The van der Waals surface area contributed by atoms with Gasteiger partial charge in [0.25, 0.3) is 5.91 Å². The minimum Gasteiger partial charge on any atom is -0.387 e. The average Bonchev–Trinajstić information content (AvgIpc) is 2.52. The van der Waals surface area contributed by atoms with Gasteiger partial charge in [-0.1, -0.05) is 57.0 Å². The van der Waals surface area contributed by atoms with Gasteiger partial charge in [0.1, 0.15) is 5.60 Å². The predicted molar refractivity (Wildman–Crippen MR) is 95.7 cm³/mol. The predicted octanol–water partition coefficient (Wildman–Crippen LogP) is 3.31. The zero-order valence-electron chi connectivity index (χ0n) is 14.6. The zero-order valence-corrected chi connectivity index (χ0v) is 15.4. The van der Waals surface area contributed by atoms with Crippen molar-refractivity contribution in [3.05, 3.63) is 34.9 Å². The molecule has 0 aliphatic heterocycles. The van der Waals surface area contributed by atoms with E-state index in [4.69, 9.17) is 11.6 Å². The Kier molecular flexibility index (Phi) is 6.29. The number of carbonyl (C=O) groups is 1. The third kappa shape index (κ3) is 4.11. The van der Waals surface area contributed by atoms with Crippen molar-refractivity contribution in [2.45, 2.75) is 51.7 Å². The summed E-state index contributed by atoms with van der Waals surface area (Å²) < 4.78 is 0. The van der Waals surface area contributed by atoms with Crippen LogP contribution in [0.15, 0.2) is 24.3 Å². The number of benzene rings is 1. The standard InChI is InChI=1S/C19H28ClNO3/c1-12(2)15-9-8-13(3)10-19(15,24)18(23)21-11-17(22)14-6-4-5-7-16(14)20/h4-7,12-13,15,17,22,24H,8-11H2,1-3H3,(H,21,23)/t13?,15?,17?,19-/m1/s1. The molecule has 1 aromatic carbocycles. The first kappa shape index (κ1) is 19.2. The van der Waals surface area contributed by atoms with Gasteiger partial charge >= 0.3 is 0 Å². The Hall–Kier alpha value is -1.10. The van der Waals surface area contributed by atoms with Crippen LogP contribution in [0.2, 0.25) is 5.02 Å². The second-order valence-electron chi connectivity index (χ2n) is 7.41. The molecule has 3 N–H and O–H groups in total. The van der Waals surface area contributed by atoms with E-state index in [0.29, 0.717) is 22.9 Å². The zero-order chi connectivity index (χ0) is 17.9. The van der Waals surface area contributed by atoms with Crippen LogP contribution in [0.4, 0.5) is 0 Å². The van der Waals surface area contributed by atoms with E-state index < -0.39 is 11.7 Å². The van der Waals surface area contributed by atoms with Gasteiger partial charge in [-0.15, -0.1) is 0 Å². The molecule has 0 saturated heterocycles. The molecular weight excluding hydrogens is 326 g/mol. The van der Waals surface area contributed by atoms with Crippen LogP contribution < -0.4 is 5.32 Å². The molecule has 1 aromatic rings. The summed E-state index contributed by atoms with van der Waals surface area (Å²) in [7, 11) is 0. The number of aliphatic hydroxyl groups is 2. The largest absolute Gasteiger partial charge is 0.387 e. The van der Waals surface area contributed by atoms with E-state index in [1.54, 1.807) is 24.3 Å². The number of nitrogens with one attached hydrogen (secondary N) is 1. The van der Waals surface area contributed by atoms with Crippen LogP contribution in [0.3, 0.4) is 0 Å². The molecule has 134 valence electrons. The van der Waals surface area contributed by atoms with Gasteiger partial charge in [-0.05, 0) is 36.7 Å². The quantitative estimate of drug-likeness (QED) is 0.760. The van der Waals surface area contributed by atoms with Gasteiger partial charge in [0.05, 0.1) is 6.10 Å². The molecule has 0 heterocycles. The SMILES string of the molecule is CC1CCC(C(C)C)[C@@](O)(C(=O)NCC(O)c2ccccc2Cl)C1. The van der Waals surface area contributed by atoms with Gasteiger partial charge in [-0.3, -0.25) is 4.79 Å². The molecule has 4 atom stereocenters. The lowest BCUT2D eigenvalue weighted by Crippen LogP contribution is -2.56. The molecule has 1 saturated carbocycles. The van der Waals surface area contributed by atoms with Crippen molar-refractivity contribution >= 4 is 17.5 Å². The van der Waals surface area contributed by atoms with E-state index in [-0.39, 0.29) is 24.3 Å². The van der Waals surface area contributed by atoms with Crippen LogP contribution >= 0.6 is 11.6 Å². The Labute approximate surface area is 149 Å². The van der Waals surface area contributed by atoms with Gasteiger partial charge in [0.15, 0.2) is 0 Å². The van der Waals surface area contributed by atoms with Crippen LogP contribution in [0.1, 0.15) is 51.7 Å². The summed E-state index contributed by atoms with van der Waals surface area (Å²) in [6, 6.07) is 7.01. The van der Waals surface area contributed by atoms with Crippen molar-refractivity contribution in [2.75, 3.05) is 6.54 Å². The van der Waals surface area contributed by atoms with Crippen molar-refractivity contribution in [3.63, 3.8) is 0 Å². The van der Waals surface area contributed by atoms with Crippen LogP contribution in [0, 0.1) is 17.8 Å². The molecule has 1 amide bonds. The highest BCUT2D eigenvalue weighted by molar-refractivity contribution is 6.31. The summed E-state index contributed by atoms with van der Waals surface area (Å²) in [5.41, 5.74) is -0.796. The molecule has 0 bridgehead atoms. The maximum absolute atomic E-state index is 12.7. The molecule has 24 heavy (non-hydrogen) atoms. The summed E-state index contributed by atoms with van der Waals surface area (Å²) >= 11 is 6.07. The monoisotopic (exact) mass is 353 g/mol. The maximum atomic E-state index is 12.7. The molecule has 0 radical (unpaired) electrons. The van der Waals surface area contributed by atoms with Crippen molar-refractivity contribution in [3.8, 4) is 0 Å². The summed E-state index contributed by atoms with van der Waals surface area (Å²) in [5.74, 6) is 0.0796. The smallest absolute Gasteiger partial charge is 0.252 e. The maximum Gasteiger partial charge on any atom is 0.252 e. The molecule has 1 aliphatic carbocycles. The first-order valence-electron chi connectivity index (χ1n) is 8.69. The molecule has 4 nitrogen and oxygen atoms in total. The molecule has 1 aliphatic rings. The molecule has 0 spiro atoms. The fourth-order valence-corrected chi connectivity index (χ4v) is 4.09. The van der Waals surface area contributed by atoms with Gasteiger partial charge in [-0.2, -0.15) is 0 Å². The van der Waals surface area contributed by atoms with E-state index >= 15 is 0 Å². The molecule has 2 rings (SSSR count). The molecule has 0 aromatic heterocycles. The number of carbonyl (C=O) groups excluding carboxylic acids is 1. The number of amides is 1. The second kappa shape index (κ2) is 7.85. The van der Waals surface area contributed by atoms with Crippen LogP contribution in [0.5, 0.6) is 0 Å². The number of hydrogen-bond donors (Lipinski definition) is 3. The lowest BCUT2D eigenvalue weighted by atomic mass is 9.66. The third-order valence-electron chi connectivity index (χ3n) is 5.16. The highest BCUT2D eigenvalue weighted by Crippen LogP contribution is 2.41. The molecule has 1 fully saturated rings. The van der Waals surface area contributed by atoms with E-state index in [9.17, 15) is 15.0 Å². The lowest BCUT2D eigenvalue weighted by Gasteiger charge is -2.43. The summed E-state index contributed by atoms with van der Waals surface area (Å²) in [6.07, 6.45) is 1.44. The number of aliphatic hydroxyl groups excluding tert-OH is 1. The van der Waals surface area contributed by atoms with Crippen molar-refractivity contribution in [1.82, 2.24) is 5.32 Å². The fourth-order valence-electron chi connectivity index (χ4n) is 3.83. The van der Waals surface area contributed by atoms with E-state index in [0.717, 1.165) is 12.8 Å². The summed E-state index contributed by atoms with van der Waals surface area (Å²) in [5, 5.41) is 24.5. The Morgan fingerprint density at radius 3 is 2.67 bits per heavy atom. The molecular formula is C19H28ClNO3. The normalized spacial score (nSPS) is 28.6. The van der Waals surface area contributed by atoms with Gasteiger partial charge < -0.3 is 15.5 Å². The minimum absolute atomic E-state index is 0.0318. The van der Waals surface area contributed by atoms with Gasteiger partial charge in [0.2, 0.25) is 0 Å². The molecule has 3 unspecified atom stereocenters. The highest BCUT2D eigenvalue weighted by Gasteiger charge is 2.48. The number of rotatable bonds is 5. The van der Waals surface area contributed by atoms with Crippen LogP contribution in [0.25, 0.3) is 0 Å². The van der Waals surface area contributed by atoms with E-state index in [1.807, 2.05) is 13.8 Å². The van der Waals surface area contributed by atoms with Gasteiger partial charge in [-0.25, -0.2) is 0 Å². The lowest BCUT2D eigenvalue weighted by molar-refractivity contribution is -0.156. The van der Waals surface area contributed by atoms with E-state index in [1.165, 1.54) is 0 Å². The molecule has 5 heteroatoms. The Morgan fingerprint density at radius 2 is 2.04 bits per heavy atom.